The molecule has 0 radical (unpaired) electrons. The fourth-order valence-corrected chi connectivity index (χ4v) is 6.89. The summed E-state index contributed by atoms with van der Waals surface area (Å²) in [5, 5.41) is 8.22. The summed E-state index contributed by atoms with van der Waals surface area (Å²) in [5.41, 5.74) is 4.63. The molecule has 0 aliphatic rings. The molecule has 0 fully saturated rings. The molecule has 0 spiro atoms. The Bertz CT molecular complexity index is 2620. The summed E-state index contributed by atoms with van der Waals surface area (Å²) in [5.74, 6) is 0. The summed E-state index contributed by atoms with van der Waals surface area (Å²) in [6, 6.07) is 45.0. The van der Waals surface area contributed by atoms with E-state index in [1.165, 1.54) is 31.4 Å². The van der Waals surface area contributed by atoms with Gasteiger partial charge in [0, 0.05) is 0 Å². The van der Waals surface area contributed by atoms with Crippen molar-refractivity contribution in [2.24, 2.45) is 0 Å². The van der Waals surface area contributed by atoms with Crippen LogP contribution < -0.4 is 11.1 Å². The van der Waals surface area contributed by atoms with E-state index in [1.807, 2.05) is 60.7 Å². The highest BCUT2D eigenvalue weighted by molar-refractivity contribution is 6.28. The van der Waals surface area contributed by atoms with Gasteiger partial charge in [-0.1, -0.05) is 115 Å². The van der Waals surface area contributed by atoms with Crippen LogP contribution in [0.3, 0.4) is 0 Å². The first-order valence-corrected chi connectivity index (χ1v) is 14.0. The number of aromatic nitrogens is 2. The van der Waals surface area contributed by atoms with Crippen LogP contribution in [0.1, 0.15) is 0 Å². The highest BCUT2D eigenvalue weighted by Crippen LogP contribution is 2.40. The van der Waals surface area contributed by atoms with Crippen molar-refractivity contribution >= 4 is 54.1 Å². The van der Waals surface area contributed by atoms with E-state index < -0.39 is 0 Å². The zero-order valence-electron chi connectivity index (χ0n) is 22.4. The van der Waals surface area contributed by atoms with Gasteiger partial charge in [-0.2, -0.15) is 4.52 Å². The molecule has 0 unspecified atom stereocenters. The van der Waals surface area contributed by atoms with Crippen LogP contribution in [-0.4, -0.2) is 9.03 Å². The Morgan fingerprint density at radius 3 is 1.64 bits per heavy atom. The number of hydrogen-bond acceptors (Lipinski definition) is 2. The zero-order chi connectivity index (χ0) is 27.9. The summed E-state index contributed by atoms with van der Waals surface area (Å²) in [6.45, 7) is 0. The molecule has 9 aromatic rings. The van der Waals surface area contributed by atoms with Gasteiger partial charge >= 0.3 is 0 Å². The Balaban J connectivity index is 1.35. The fourth-order valence-electron chi connectivity index (χ4n) is 6.89. The molecule has 7 aromatic carbocycles. The second-order valence-corrected chi connectivity index (χ2v) is 10.9. The molecule has 0 saturated carbocycles. The quantitative estimate of drug-likeness (QED) is 0.208. The average molecular weight is 539 g/mol. The Hall–Kier alpha value is -5.74. The average Bonchev–Trinajstić information content (AvgIpc) is 3.52. The first kappa shape index (κ1) is 23.0. The van der Waals surface area contributed by atoms with Gasteiger partial charge in [-0.3, -0.25) is 9.59 Å². The summed E-state index contributed by atoms with van der Waals surface area (Å²) >= 11 is 0. The summed E-state index contributed by atoms with van der Waals surface area (Å²) < 4.78 is 3.06. The molecule has 196 valence electrons. The van der Waals surface area contributed by atoms with Crippen LogP contribution in [0.4, 0.5) is 0 Å². The normalized spacial score (nSPS) is 12.0. The maximum absolute atomic E-state index is 13.9. The molecule has 0 aliphatic heterocycles. The molecular formula is C38H22N2O2. The lowest BCUT2D eigenvalue weighted by atomic mass is 9.89. The smallest absolute Gasteiger partial charge is 0.267 e. The Morgan fingerprint density at radius 2 is 0.929 bits per heavy atom. The summed E-state index contributed by atoms with van der Waals surface area (Å²) in [6.07, 6.45) is 0. The van der Waals surface area contributed by atoms with Crippen molar-refractivity contribution in [3.05, 3.63) is 154 Å². The predicted molar refractivity (Wildman–Crippen MR) is 173 cm³/mol. The molecule has 0 atom stereocenters. The van der Waals surface area contributed by atoms with Crippen molar-refractivity contribution < 1.29 is 0 Å². The van der Waals surface area contributed by atoms with Crippen LogP contribution in [0.25, 0.3) is 76.4 Å². The standard InChI is InChI=1S/C38H22N2O2/c41-37-32-22-24(26-16-8-18-31-29-13-5-4-12-27(29)28-14-6-7-15-30(28)35(26)31)20-21-33(32)39-34-19-9-17-25(23-10-2-1-3-11-23)36(34)38(42)40(37)39/h1-22H. The lowest BCUT2D eigenvalue weighted by molar-refractivity contribution is 0.841. The molecule has 0 N–H and O–H groups in total. The van der Waals surface area contributed by atoms with E-state index in [-0.39, 0.29) is 11.1 Å². The minimum Gasteiger partial charge on any atom is -0.267 e. The summed E-state index contributed by atoms with van der Waals surface area (Å²) in [7, 11) is 0. The van der Waals surface area contributed by atoms with Gasteiger partial charge in [0.15, 0.2) is 0 Å². The first-order valence-electron chi connectivity index (χ1n) is 14.0. The molecule has 0 amide bonds. The first-order chi connectivity index (χ1) is 20.7. The number of hydrogen-bond donors (Lipinski definition) is 0. The van der Waals surface area contributed by atoms with E-state index in [0.717, 1.165) is 38.7 Å². The van der Waals surface area contributed by atoms with Gasteiger partial charge in [-0.05, 0) is 72.8 Å². The van der Waals surface area contributed by atoms with E-state index in [9.17, 15) is 9.59 Å². The van der Waals surface area contributed by atoms with Crippen LogP contribution in [0, 0.1) is 0 Å². The molecule has 4 heteroatoms. The van der Waals surface area contributed by atoms with Crippen LogP contribution >= 0.6 is 0 Å². The van der Waals surface area contributed by atoms with Gasteiger partial charge < -0.3 is 0 Å². The lowest BCUT2D eigenvalue weighted by Crippen LogP contribution is -2.21. The van der Waals surface area contributed by atoms with Gasteiger partial charge in [0.1, 0.15) is 0 Å². The highest BCUT2D eigenvalue weighted by Gasteiger charge is 2.21. The van der Waals surface area contributed by atoms with Crippen molar-refractivity contribution in [3.63, 3.8) is 0 Å². The molecule has 2 aromatic heterocycles. The maximum atomic E-state index is 13.9. The highest BCUT2D eigenvalue weighted by atomic mass is 16.2. The van der Waals surface area contributed by atoms with Crippen LogP contribution in [0.5, 0.6) is 0 Å². The van der Waals surface area contributed by atoms with Crippen molar-refractivity contribution in [2.75, 3.05) is 0 Å². The third kappa shape index (κ3) is 2.95. The van der Waals surface area contributed by atoms with E-state index in [4.69, 9.17) is 0 Å². The SMILES string of the molecule is O=c1c2cc(-c3cccc4c5ccccc5c5ccccc5c34)ccc2n2c3cccc(-c4ccccc4)c3c(=O)n12. The molecular weight excluding hydrogens is 516 g/mol. The van der Waals surface area contributed by atoms with Crippen molar-refractivity contribution in [1.29, 1.82) is 0 Å². The monoisotopic (exact) mass is 538 g/mol. The van der Waals surface area contributed by atoms with Crippen LogP contribution in [-0.2, 0) is 0 Å². The van der Waals surface area contributed by atoms with Gasteiger partial charge in [0.2, 0.25) is 0 Å². The molecule has 0 saturated heterocycles. The topological polar surface area (TPSA) is 43.0 Å². The van der Waals surface area contributed by atoms with Crippen molar-refractivity contribution in [1.82, 2.24) is 9.03 Å². The second-order valence-electron chi connectivity index (χ2n) is 10.9. The van der Waals surface area contributed by atoms with E-state index in [1.54, 1.807) is 4.52 Å². The second kappa shape index (κ2) is 8.38. The molecule has 0 bridgehead atoms. The van der Waals surface area contributed by atoms with Crippen molar-refractivity contribution in [3.8, 4) is 22.3 Å². The third-order valence-electron chi connectivity index (χ3n) is 8.69. The lowest BCUT2D eigenvalue weighted by Gasteiger charge is -2.14. The van der Waals surface area contributed by atoms with Crippen molar-refractivity contribution in [2.45, 2.75) is 0 Å². The Labute approximate surface area is 239 Å². The minimum atomic E-state index is -0.303. The number of fused-ring (bicyclic) bond motifs is 11. The number of nitrogens with zero attached hydrogens (tertiary/aromatic N) is 2. The van der Waals surface area contributed by atoms with Gasteiger partial charge in [-0.15, -0.1) is 0 Å². The van der Waals surface area contributed by atoms with E-state index in [0.29, 0.717) is 10.8 Å². The third-order valence-corrected chi connectivity index (χ3v) is 8.69. The molecule has 4 nitrogen and oxygen atoms in total. The Morgan fingerprint density at radius 1 is 0.357 bits per heavy atom. The van der Waals surface area contributed by atoms with Crippen LogP contribution in [0.2, 0.25) is 0 Å². The van der Waals surface area contributed by atoms with Gasteiger partial charge in [0.25, 0.3) is 11.1 Å². The molecule has 2 heterocycles. The van der Waals surface area contributed by atoms with Crippen LogP contribution in [0.15, 0.2) is 143 Å². The molecule has 0 aliphatic carbocycles. The Kier molecular flexibility index (Phi) is 4.59. The van der Waals surface area contributed by atoms with Gasteiger partial charge in [-0.25, -0.2) is 4.52 Å². The fraction of sp³-hybridized carbons (Fsp3) is 0. The largest absolute Gasteiger partial charge is 0.283 e. The molecule has 9 rings (SSSR count). The predicted octanol–water partition coefficient (Wildman–Crippen LogP) is 8.30. The van der Waals surface area contributed by atoms with E-state index >= 15 is 0 Å². The molecule has 42 heavy (non-hydrogen) atoms. The minimum absolute atomic E-state index is 0.296. The van der Waals surface area contributed by atoms with E-state index in [2.05, 4.69) is 72.8 Å². The zero-order valence-corrected chi connectivity index (χ0v) is 22.4. The van der Waals surface area contributed by atoms with Gasteiger partial charge in [0.05, 0.1) is 21.8 Å². The number of rotatable bonds is 2. The summed E-state index contributed by atoms with van der Waals surface area (Å²) in [4.78, 5) is 27.7. The maximum Gasteiger partial charge on any atom is 0.283 e. The number of benzene rings is 7.